The Morgan fingerprint density at radius 2 is 1.92 bits per heavy atom. The molecule has 1 heterocycles. The van der Waals surface area contributed by atoms with Crippen LogP contribution in [0.3, 0.4) is 0 Å². The van der Waals surface area contributed by atoms with Crippen LogP contribution in [0.15, 0.2) is 46.9 Å². The van der Waals surface area contributed by atoms with Crippen molar-refractivity contribution >= 4 is 21.9 Å². The van der Waals surface area contributed by atoms with Gasteiger partial charge in [-0.05, 0) is 45.6 Å². The summed E-state index contributed by atoms with van der Waals surface area (Å²) >= 11 is 3.47. The van der Waals surface area contributed by atoms with Crippen molar-refractivity contribution in [3.8, 4) is 11.5 Å². The summed E-state index contributed by atoms with van der Waals surface area (Å²) in [5, 5.41) is 12.5. The van der Waals surface area contributed by atoms with Crippen LogP contribution in [-0.4, -0.2) is 30.3 Å². The number of carbonyl (C=O) groups is 1. The fraction of sp³-hybridized carbons (Fsp3) is 0.278. The zero-order valence-corrected chi connectivity index (χ0v) is 14.6. The molecule has 0 fully saturated rings. The van der Waals surface area contributed by atoms with Gasteiger partial charge in [-0.25, -0.2) is 0 Å². The zero-order chi connectivity index (χ0) is 16.9. The van der Waals surface area contributed by atoms with Crippen LogP contribution in [0, 0.1) is 0 Å². The maximum atomic E-state index is 11.5. The Bertz CT molecular complexity index is 720. The number of halogens is 1. The second kappa shape index (κ2) is 7.68. The molecule has 0 amide bonds. The van der Waals surface area contributed by atoms with E-state index in [0.717, 1.165) is 15.6 Å². The summed E-state index contributed by atoms with van der Waals surface area (Å²) in [5.74, 6) is 0.516. The van der Waals surface area contributed by atoms with Gasteiger partial charge in [0.2, 0.25) is 0 Å². The average Bonchev–Trinajstić information content (AvgIpc) is 2.59. The molecular weight excluding hydrogens is 374 g/mol. The highest BCUT2D eigenvalue weighted by atomic mass is 79.9. The summed E-state index contributed by atoms with van der Waals surface area (Å²) in [6.07, 6.45) is 0.432. The number of aliphatic carboxylic acids is 1. The second-order valence-electron chi connectivity index (χ2n) is 5.56. The minimum atomic E-state index is -0.865. The monoisotopic (exact) mass is 391 g/mol. The molecule has 0 radical (unpaired) electrons. The fourth-order valence-corrected chi connectivity index (χ4v) is 3.21. The lowest BCUT2D eigenvalue weighted by Gasteiger charge is -2.21. The van der Waals surface area contributed by atoms with Crippen LogP contribution in [0.2, 0.25) is 0 Å². The standard InChI is InChI=1S/C18H18BrNO4/c19-14-8-13(10-16-17(14)24-7-6-23-16)11-20-15(18(21)22)9-12-4-2-1-3-5-12/h1-5,8,10,15,20H,6-7,9,11H2,(H,21,22)/t15-/m1/s1. The molecule has 5 nitrogen and oxygen atoms in total. The minimum Gasteiger partial charge on any atom is -0.486 e. The van der Waals surface area contributed by atoms with Crippen LogP contribution in [0.25, 0.3) is 0 Å². The number of benzene rings is 2. The van der Waals surface area contributed by atoms with Crippen molar-refractivity contribution < 1.29 is 19.4 Å². The molecule has 1 aliphatic heterocycles. The number of fused-ring (bicyclic) bond motifs is 1. The van der Waals surface area contributed by atoms with Gasteiger partial charge in [0.25, 0.3) is 0 Å². The van der Waals surface area contributed by atoms with Crippen molar-refractivity contribution in [2.75, 3.05) is 13.2 Å². The Kier molecular flexibility index (Phi) is 5.37. The third kappa shape index (κ3) is 4.07. The summed E-state index contributed by atoms with van der Waals surface area (Å²) in [6, 6.07) is 12.7. The van der Waals surface area contributed by atoms with Crippen LogP contribution in [0.1, 0.15) is 11.1 Å². The molecule has 0 saturated heterocycles. The highest BCUT2D eigenvalue weighted by Gasteiger charge is 2.19. The molecule has 0 aromatic heterocycles. The molecule has 2 aromatic rings. The summed E-state index contributed by atoms with van der Waals surface area (Å²) in [7, 11) is 0. The van der Waals surface area contributed by atoms with Gasteiger partial charge in [0.15, 0.2) is 11.5 Å². The van der Waals surface area contributed by atoms with Gasteiger partial charge in [-0.3, -0.25) is 4.79 Å². The number of nitrogens with one attached hydrogen (secondary N) is 1. The molecular formula is C18H18BrNO4. The van der Waals surface area contributed by atoms with Crippen LogP contribution in [0.5, 0.6) is 11.5 Å². The van der Waals surface area contributed by atoms with E-state index in [1.165, 1.54) is 0 Å². The van der Waals surface area contributed by atoms with Crippen molar-refractivity contribution in [3.05, 3.63) is 58.1 Å². The Hall–Kier alpha value is -2.05. The summed E-state index contributed by atoms with van der Waals surface area (Å²) in [4.78, 5) is 11.5. The van der Waals surface area contributed by atoms with Gasteiger partial charge in [0.1, 0.15) is 19.3 Å². The normalized spacial score (nSPS) is 14.2. The number of ether oxygens (including phenoxy) is 2. The van der Waals surface area contributed by atoms with E-state index in [1.807, 2.05) is 42.5 Å². The van der Waals surface area contributed by atoms with Crippen molar-refractivity contribution in [1.29, 1.82) is 0 Å². The van der Waals surface area contributed by atoms with Gasteiger partial charge in [-0.15, -0.1) is 0 Å². The van der Waals surface area contributed by atoms with E-state index in [2.05, 4.69) is 21.2 Å². The Morgan fingerprint density at radius 3 is 2.67 bits per heavy atom. The SMILES string of the molecule is O=C(O)[C@@H](Cc1ccccc1)NCc1cc(Br)c2c(c1)OCCO2. The minimum absolute atomic E-state index is 0.430. The first-order valence-corrected chi connectivity index (χ1v) is 8.51. The third-order valence-electron chi connectivity index (χ3n) is 3.79. The van der Waals surface area contributed by atoms with E-state index in [1.54, 1.807) is 0 Å². The largest absolute Gasteiger partial charge is 0.486 e. The van der Waals surface area contributed by atoms with Crippen molar-refractivity contribution in [3.63, 3.8) is 0 Å². The average molecular weight is 392 g/mol. The molecule has 0 aliphatic carbocycles. The molecule has 1 aliphatic rings. The van der Waals surface area contributed by atoms with Crippen molar-refractivity contribution in [2.24, 2.45) is 0 Å². The van der Waals surface area contributed by atoms with Crippen LogP contribution in [-0.2, 0) is 17.8 Å². The summed E-state index contributed by atoms with van der Waals surface area (Å²) < 4.78 is 12.0. The van der Waals surface area contributed by atoms with E-state index in [0.29, 0.717) is 37.7 Å². The van der Waals surface area contributed by atoms with Crippen molar-refractivity contribution in [1.82, 2.24) is 5.32 Å². The number of rotatable bonds is 6. The predicted molar refractivity (Wildman–Crippen MR) is 93.5 cm³/mol. The molecule has 24 heavy (non-hydrogen) atoms. The maximum absolute atomic E-state index is 11.5. The fourth-order valence-electron chi connectivity index (χ4n) is 2.60. The first-order chi connectivity index (χ1) is 11.6. The zero-order valence-electron chi connectivity index (χ0n) is 13.0. The summed E-state index contributed by atoms with van der Waals surface area (Å²) in [6.45, 7) is 1.47. The number of carboxylic acid groups (broad SMARTS) is 1. The topological polar surface area (TPSA) is 67.8 Å². The first kappa shape index (κ1) is 16.8. The lowest BCUT2D eigenvalue weighted by Crippen LogP contribution is -2.38. The van der Waals surface area contributed by atoms with Gasteiger partial charge in [-0.1, -0.05) is 30.3 Å². The number of hydrogen-bond donors (Lipinski definition) is 2. The number of carboxylic acids is 1. The smallest absolute Gasteiger partial charge is 0.321 e. The van der Waals surface area contributed by atoms with E-state index in [9.17, 15) is 9.90 Å². The number of hydrogen-bond acceptors (Lipinski definition) is 4. The van der Waals surface area contributed by atoms with E-state index >= 15 is 0 Å². The molecule has 1 atom stereocenters. The molecule has 3 rings (SSSR count). The van der Waals surface area contributed by atoms with Crippen molar-refractivity contribution in [2.45, 2.75) is 19.0 Å². The molecule has 0 saturated carbocycles. The van der Waals surface area contributed by atoms with Gasteiger partial charge in [-0.2, -0.15) is 0 Å². The van der Waals surface area contributed by atoms with Gasteiger partial charge >= 0.3 is 5.97 Å². The lowest BCUT2D eigenvalue weighted by atomic mass is 10.1. The maximum Gasteiger partial charge on any atom is 0.321 e. The highest BCUT2D eigenvalue weighted by molar-refractivity contribution is 9.10. The van der Waals surface area contributed by atoms with Gasteiger partial charge in [0, 0.05) is 6.54 Å². The van der Waals surface area contributed by atoms with Gasteiger partial charge < -0.3 is 19.9 Å². The molecule has 2 aromatic carbocycles. The molecule has 2 N–H and O–H groups in total. The lowest BCUT2D eigenvalue weighted by molar-refractivity contribution is -0.139. The van der Waals surface area contributed by atoms with Gasteiger partial charge in [0.05, 0.1) is 4.47 Å². The van der Waals surface area contributed by atoms with Crippen LogP contribution in [0.4, 0.5) is 0 Å². The molecule has 126 valence electrons. The molecule has 0 spiro atoms. The van der Waals surface area contributed by atoms with E-state index in [-0.39, 0.29) is 0 Å². The van der Waals surface area contributed by atoms with E-state index < -0.39 is 12.0 Å². The molecule has 0 bridgehead atoms. The Morgan fingerprint density at radius 1 is 1.17 bits per heavy atom. The highest BCUT2D eigenvalue weighted by Crippen LogP contribution is 2.38. The Balaban J connectivity index is 1.68. The van der Waals surface area contributed by atoms with E-state index in [4.69, 9.17) is 9.47 Å². The van der Waals surface area contributed by atoms with Crippen LogP contribution < -0.4 is 14.8 Å². The predicted octanol–water partition coefficient (Wildman–Crippen LogP) is 3.01. The quantitative estimate of drug-likeness (QED) is 0.791. The summed E-state index contributed by atoms with van der Waals surface area (Å²) in [5.41, 5.74) is 1.92. The van der Waals surface area contributed by atoms with Crippen LogP contribution >= 0.6 is 15.9 Å². The molecule has 6 heteroatoms. The Labute approximate surface area is 148 Å². The first-order valence-electron chi connectivity index (χ1n) is 7.71. The molecule has 0 unspecified atom stereocenters. The third-order valence-corrected chi connectivity index (χ3v) is 4.38. The second-order valence-corrected chi connectivity index (χ2v) is 6.42.